The molecule has 3 heterocycles. The van der Waals surface area contributed by atoms with E-state index in [2.05, 4.69) is 20.1 Å². The highest BCUT2D eigenvalue weighted by Crippen LogP contribution is 2.30. The third-order valence-electron chi connectivity index (χ3n) is 5.54. The number of piperidine rings is 1. The molecule has 0 bridgehead atoms. The molecule has 1 unspecified atom stereocenters. The lowest BCUT2D eigenvalue weighted by Crippen LogP contribution is -2.57. The number of anilines is 1. The fraction of sp³-hybridized carbons (Fsp3) is 0.722. The average molecular weight is 329 g/mol. The highest BCUT2D eigenvalue weighted by molar-refractivity contribution is 5.79. The zero-order valence-electron chi connectivity index (χ0n) is 14.6. The second-order valence-electron chi connectivity index (χ2n) is 7.23. The van der Waals surface area contributed by atoms with Crippen LogP contribution in [0, 0.1) is 6.92 Å². The van der Waals surface area contributed by atoms with Gasteiger partial charge in [-0.15, -0.1) is 0 Å². The van der Waals surface area contributed by atoms with Crippen LogP contribution in [0.25, 0.3) is 0 Å². The number of piperazine rings is 1. The average Bonchev–Trinajstić information content (AvgIpc) is 2.61. The van der Waals surface area contributed by atoms with Crippen LogP contribution in [-0.4, -0.2) is 59.5 Å². The zero-order chi connectivity index (χ0) is 16.5. The van der Waals surface area contributed by atoms with Gasteiger partial charge in [-0.25, -0.2) is 9.97 Å². The standard InChI is InChI=1S/C18H27N5O/c1-13-20-16-7-3-2-6-15(16)18(21-13)22-9-4-5-14(12-22)23-10-8-19-11-17(23)24/h14,19H,2-12H2,1H3. The Morgan fingerprint density at radius 3 is 2.88 bits per heavy atom. The topological polar surface area (TPSA) is 61.4 Å². The third kappa shape index (κ3) is 2.99. The van der Waals surface area contributed by atoms with E-state index >= 15 is 0 Å². The van der Waals surface area contributed by atoms with Gasteiger partial charge in [0, 0.05) is 43.5 Å². The molecule has 0 aromatic carbocycles. The van der Waals surface area contributed by atoms with Crippen molar-refractivity contribution < 1.29 is 4.79 Å². The van der Waals surface area contributed by atoms with E-state index in [1.165, 1.54) is 24.1 Å². The highest BCUT2D eigenvalue weighted by atomic mass is 16.2. The molecule has 6 nitrogen and oxygen atoms in total. The molecule has 24 heavy (non-hydrogen) atoms. The zero-order valence-corrected chi connectivity index (χ0v) is 14.6. The lowest BCUT2D eigenvalue weighted by atomic mass is 9.95. The molecule has 1 aromatic heterocycles. The van der Waals surface area contributed by atoms with Crippen molar-refractivity contribution in [1.29, 1.82) is 0 Å². The molecule has 130 valence electrons. The summed E-state index contributed by atoms with van der Waals surface area (Å²) < 4.78 is 0. The Morgan fingerprint density at radius 1 is 1.12 bits per heavy atom. The van der Waals surface area contributed by atoms with Gasteiger partial charge < -0.3 is 15.1 Å². The minimum atomic E-state index is 0.244. The quantitative estimate of drug-likeness (QED) is 0.879. The van der Waals surface area contributed by atoms with Gasteiger partial charge in [0.15, 0.2) is 0 Å². The van der Waals surface area contributed by atoms with Crippen LogP contribution in [0.15, 0.2) is 0 Å². The molecule has 1 aliphatic carbocycles. The summed E-state index contributed by atoms with van der Waals surface area (Å²) in [6, 6.07) is 0.322. The Bertz CT molecular complexity index is 632. The summed E-state index contributed by atoms with van der Waals surface area (Å²) >= 11 is 0. The van der Waals surface area contributed by atoms with Crippen LogP contribution in [0.5, 0.6) is 0 Å². The number of aryl methyl sites for hydroxylation is 2. The Kier molecular flexibility index (Phi) is 4.39. The smallest absolute Gasteiger partial charge is 0.236 e. The van der Waals surface area contributed by atoms with Gasteiger partial charge in [-0.1, -0.05) is 0 Å². The van der Waals surface area contributed by atoms with E-state index in [4.69, 9.17) is 4.98 Å². The summed E-state index contributed by atoms with van der Waals surface area (Å²) in [5, 5.41) is 3.17. The molecule has 1 N–H and O–H groups in total. The number of carbonyl (C=O) groups excluding carboxylic acids is 1. The van der Waals surface area contributed by atoms with Crippen molar-refractivity contribution in [3.8, 4) is 0 Å². The summed E-state index contributed by atoms with van der Waals surface area (Å²) in [5.74, 6) is 2.27. The summed E-state index contributed by atoms with van der Waals surface area (Å²) in [5.41, 5.74) is 2.61. The second-order valence-corrected chi connectivity index (χ2v) is 7.23. The van der Waals surface area contributed by atoms with Crippen molar-refractivity contribution in [2.75, 3.05) is 37.6 Å². The summed E-state index contributed by atoms with van der Waals surface area (Å²) in [6.07, 6.45) is 6.88. The molecule has 3 aliphatic rings. The van der Waals surface area contributed by atoms with Gasteiger partial charge in [0.2, 0.25) is 5.91 Å². The molecule has 0 saturated carbocycles. The fourth-order valence-electron chi connectivity index (χ4n) is 4.37. The van der Waals surface area contributed by atoms with Crippen LogP contribution in [0.4, 0.5) is 5.82 Å². The monoisotopic (exact) mass is 329 g/mol. The highest BCUT2D eigenvalue weighted by Gasteiger charge is 2.32. The normalized spacial score (nSPS) is 24.9. The van der Waals surface area contributed by atoms with Gasteiger partial charge in [0.1, 0.15) is 11.6 Å². The van der Waals surface area contributed by atoms with Crippen molar-refractivity contribution >= 4 is 11.7 Å². The molecule has 1 amide bonds. The number of nitrogens with one attached hydrogen (secondary N) is 1. The van der Waals surface area contributed by atoms with E-state index in [1.807, 2.05) is 6.92 Å². The van der Waals surface area contributed by atoms with Gasteiger partial charge in [0.05, 0.1) is 6.54 Å². The van der Waals surface area contributed by atoms with E-state index in [-0.39, 0.29) is 5.91 Å². The van der Waals surface area contributed by atoms with Crippen molar-refractivity contribution in [2.45, 2.75) is 51.5 Å². The van der Waals surface area contributed by atoms with Crippen LogP contribution in [0.2, 0.25) is 0 Å². The number of amides is 1. The molecule has 6 heteroatoms. The van der Waals surface area contributed by atoms with Crippen molar-refractivity contribution in [3.05, 3.63) is 17.1 Å². The third-order valence-corrected chi connectivity index (χ3v) is 5.54. The van der Waals surface area contributed by atoms with Gasteiger partial charge in [0.25, 0.3) is 0 Å². The number of carbonyl (C=O) groups is 1. The predicted octanol–water partition coefficient (Wildman–Crippen LogP) is 1.06. The minimum Gasteiger partial charge on any atom is -0.354 e. The second kappa shape index (κ2) is 6.67. The summed E-state index contributed by atoms with van der Waals surface area (Å²) in [6.45, 7) is 6.18. The molecule has 2 aliphatic heterocycles. The first-order chi connectivity index (χ1) is 11.7. The molecule has 2 fully saturated rings. The minimum absolute atomic E-state index is 0.244. The first kappa shape index (κ1) is 15.8. The van der Waals surface area contributed by atoms with E-state index in [9.17, 15) is 4.79 Å². The molecule has 4 rings (SSSR count). The van der Waals surface area contributed by atoms with Gasteiger partial charge in [-0.3, -0.25) is 4.79 Å². The Morgan fingerprint density at radius 2 is 2.00 bits per heavy atom. The van der Waals surface area contributed by atoms with Crippen LogP contribution < -0.4 is 10.2 Å². The molecule has 0 radical (unpaired) electrons. The van der Waals surface area contributed by atoms with E-state index < -0.39 is 0 Å². The number of hydrogen-bond donors (Lipinski definition) is 1. The maximum atomic E-state index is 12.2. The van der Waals surface area contributed by atoms with Crippen LogP contribution in [0.1, 0.15) is 42.8 Å². The summed E-state index contributed by atoms with van der Waals surface area (Å²) in [4.78, 5) is 26.2. The first-order valence-corrected chi connectivity index (χ1v) is 9.34. The number of fused-ring (bicyclic) bond motifs is 1. The Balaban J connectivity index is 1.58. The van der Waals surface area contributed by atoms with Crippen LogP contribution >= 0.6 is 0 Å². The first-order valence-electron chi connectivity index (χ1n) is 9.34. The lowest BCUT2D eigenvalue weighted by molar-refractivity contribution is -0.134. The molecular formula is C18H27N5O. The number of rotatable bonds is 2. The predicted molar refractivity (Wildman–Crippen MR) is 93.2 cm³/mol. The van der Waals surface area contributed by atoms with E-state index in [0.717, 1.165) is 63.5 Å². The number of nitrogens with zero attached hydrogens (tertiary/aromatic N) is 4. The largest absolute Gasteiger partial charge is 0.354 e. The maximum Gasteiger partial charge on any atom is 0.236 e. The molecule has 1 aromatic rings. The maximum absolute atomic E-state index is 12.2. The molecule has 2 saturated heterocycles. The summed E-state index contributed by atoms with van der Waals surface area (Å²) in [7, 11) is 0. The van der Waals surface area contributed by atoms with Gasteiger partial charge >= 0.3 is 0 Å². The van der Waals surface area contributed by atoms with Gasteiger partial charge in [-0.05, 0) is 45.4 Å². The van der Waals surface area contributed by atoms with Crippen molar-refractivity contribution in [1.82, 2.24) is 20.2 Å². The Hall–Kier alpha value is -1.69. The molecule has 0 spiro atoms. The fourth-order valence-corrected chi connectivity index (χ4v) is 4.37. The lowest BCUT2D eigenvalue weighted by Gasteiger charge is -2.42. The van der Waals surface area contributed by atoms with E-state index in [1.54, 1.807) is 0 Å². The van der Waals surface area contributed by atoms with E-state index in [0.29, 0.717) is 12.6 Å². The Labute approximate surface area is 143 Å². The van der Waals surface area contributed by atoms with Crippen molar-refractivity contribution in [3.63, 3.8) is 0 Å². The SMILES string of the molecule is Cc1nc2c(c(N3CCCC(N4CCNCC4=O)C3)n1)CCCC2. The van der Waals surface area contributed by atoms with Crippen LogP contribution in [0.3, 0.4) is 0 Å². The van der Waals surface area contributed by atoms with Crippen molar-refractivity contribution in [2.24, 2.45) is 0 Å². The molecular weight excluding hydrogens is 302 g/mol. The number of hydrogen-bond acceptors (Lipinski definition) is 5. The molecule has 1 atom stereocenters. The number of aromatic nitrogens is 2. The van der Waals surface area contributed by atoms with Crippen LogP contribution in [-0.2, 0) is 17.6 Å². The van der Waals surface area contributed by atoms with Gasteiger partial charge in [-0.2, -0.15) is 0 Å².